The maximum atomic E-state index is 5.91. The van der Waals surface area contributed by atoms with Gasteiger partial charge < -0.3 is 5.73 Å². The molecular formula is C17H17N3S. The van der Waals surface area contributed by atoms with Crippen molar-refractivity contribution >= 4 is 22.1 Å². The molecule has 0 aliphatic heterocycles. The summed E-state index contributed by atoms with van der Waals surface area (Å²) >= 11 is 1.79. The third kappa shape index (κ3) is 2.15. The lowest BCUT2D eigenvalue weighted by atomic mass is 9.91. The summed E-state index contributed by atoms with van der Waals surface area (Å²) in [5.74, 6) is 0.425. The van der Waals surface area contributed by atoms with Crippen molar-refractivity contribution in [3.63, 3.8) is 0 Å². The van der Waals surface area contributed by atoms with Crippen LogP contribution in [0.4, 0.5) is 0 Å². The SMILES string of the molecule is NCC1CCCc2sc(-c3nccc4ccccc34)nc21. The van der Waals surface area contributed by atoms with Crippen molar-refractivity contribution in [1.29, 1.82) is 0 Å². The first-order chi connectivity index (χ1) is 10.4. The summed E-state index contributed by atoms with van der Waals surface area (Å²) in [4.78, 5) is 10.9. The van der Waals surface area contributed by atoms with Crippen LogP contribution in [0.3, 0.4) is 0 Å². The molecule has 1 aliphatic rings. The van der Waals surface area contributed by atoms with Crippen LogP contribution in [0.5, 0.6) is 0 Å². The molecule has 4 rings (SSSR count). The summed E-state index contributed by atoms with van der Waals surface area (Å²) in [6, 6.07) is 10.4. The van der Waals surface area contributed by atoms with Gasteiger partial charge in [-0.25, -0.2) is 4.98 Å². The van der Waals surface area contributed by atoms with Crippen LogP contribution >= 0.6 is 11.3 Å². The van der Waals surface area contributed by atoms with Gasteiger partial charge >= 0.3 is 0 Å². The van der Waals surface area contributed by atoms with Crippen LogP contribution < -0.4 is 5.73 Å². The van der Waals surface area contributed by atoms with Gasteiger partial charge in [0, 0.05) is 28.9 Å². The Morgan fingerprint density at radius 3 is 3.05 bits per heavy atom. The lowest BCUT2D eigenvalue weighted by molar-refractivity contribution is 0.554. The lowest BCUT2D eigenvalue weighted by Crippen LogP contribution is -2.17. The molecule has 1 unspecified atom stereocenters. The van der Waals surface area contributed by atoms with E-state index in [0.29, 0.717) is 12.5 Å². The Morgan fingerprint density at radius 1 is 1.24 bits per heavy atom. The van der Waals surface area contributed by atoms with E-state index in [-0.39, 0.29) is 0 Å². The van der Waals surface area contributed by atoms with Gasteiger partial charge in [-0.3, -0.25) is 4.98 Å². The van der Waals surface area contributed by atoms with Crippen molar-refractivity contribution in [2.24, 2.45) is 5.73 Å². The van der Waals surface area contributed by atoms with Crippen LogP contribution in [-0.2, 0) is 6.42 Å². The molecule has 0 saturated carbocycles. The van der Waals surface area contributed by atoms with Crippen molar-refractivity contribution in [1.82, 2.24) is 9.97 Å². The lowest BCUT2D eigenvalue weighted by Gasteiger charge is -2.18. The maximum Gasteiger partial charge on any atom is 0.143 e. The number of thiazole rings is 1. The molecule has 3 aromatic rings. The molecule has 0 bridgehead atoms. The normalized spacial score (nSPS) is 17.9. The first-order valence-electron chi connectivity index (χ1n) is 7.40. The van der Waals surface area contributed by atoms with Gasteiger partial charge in [0.2, 0.25) is 0 Å². The Balaban J connectivity index is 1.88. The second-order valence-electron chi connectivity index (χ2n) is 5.53. The summed E-state index contributed by atoms with van der Waals surface area (Å²) < 4.78 is 0. The van der Waals surface area contributed by atoms with Gasteiger partial charge in [-0.2, -0.15) is 0 Å². The Bertz CT molecular complexity index is 788. The molecule has 21 heavy (non-hydrogen) atoms. The molecule has 0 radical (unpaired) electrons. The summed E-state index contributed by atoms with van der Waals surface area (Å²) in [6.45, 7) is 0.694. The minimum absolute atomic E-state index is 0.425. The smallest absolute Gasteiger partial charge is 0.143 e. The van der Waals surface area contributed by atoms with Crippen LogP contribution in [0.2, 0.25) is 0 Å². The van der Waals surface area contributed by atoms with E-state index in [1.165, 1.54) is 27.8 Å². The van der Waals surface area contributed by atoms with Crippen LogP contribution in [0.25, 0.3) is 21.5 Å². The summed E-state index contributed by atoms with van der Waals surface area (Å²) in [6.07, 6.45) is 5.39. The van der Waals surface area contributed by atoms with Gasteiger partial charge in [-0.15, -0.1) is 11.3 Å². The number of rotatable bonds is 2. The van der Waals surface area contributed by atoms with E-state index in [4.69, 9.17) is 10.7 Å². The van der Waals surface area contributed by atoms with Crippen LogP contribution in [0.15, 0.2) is 36.5 Å². The molecule has 0 fully saturated rings. The van der Waals surface area contributed by atoms with Crippen LogP contribution in [0.1, 0.15) is 29.3 Å². The highest BCUT2D eigenvalue weighted by molar-refractivity contribution is 7.15. The topological polar surface area (TPSA) is 51.8 Å². The molecule has 0 saturated heterocycles. The van der Waals surface area contributed by atoms with Gasteiger partial charge in [-0.1, -0.05) is 24.3 Å². The zero-order chi connectivity index (χ0) is 14.2. The van der Waals surface area contributed by atoms with Crippen LogP contribution in [-0.4, -0.2) is 16.5 Å². The molecule has 4 heteroatoms. The largest absolute Gasteiger partial charge is 0.330 e. The number of pyridine rings is 1. The fourth-order valence-corrected chi connectivity index (χ4v) is 4.33. The van der Waals surface area contributed by atoms with E-state index in [1.807, 2.05) is 6.20 Å². The van der Waals surface area contributed by atoms with E-state index in [1.54, 1.807) is 11.3 Å². The Labute approximate surface area is 127 Å². The molecule has 2 heterocycles. The number of hydrogen-bond acceptors (Lipinski definition) is 4. The number of aryl methyl sites for hydroxylation is 1. The zero-order valence-corrected chi connectivity index (χ0v) is 12.6. The Hall–Kier alpha value is -1.78. The molecule has 0 spiro atoms. The molecule has 2 N–H and O–H groups in total. The number of hydrogen-bond donors (Lipinski definition) is 1. The number of nitrogens with zero attached hydrogens (tertiary/aromatic N) is 2. The fourth-order valence-electron chi connectivity index (χ4n) is 3.13. The highest BCUT2D eigenvalue weighted by Gasteiger charge is 2.24. The predicted molar refractivity (Wildman–Crippen MR) is 87.6 cm³/mol. The average Bonchev–Trinajstić information content (AvgIpc) is 2.98. The Morgan fingerprint density at radius 2 is 2.14 bits per heavy atom. The van der Waals surface area contributed by atoms with Crippen molar-refractivity contribution in [3.05, 3.63) is 47.1 Å². The van der Waals surface area contributed by atoms with E-state index < -0.39 is 0 Å². The quantitative estimate of drug-likeness (QED) is 0.783. The monoisotopic (exact) mass is 295 g/mol. The second kappa shape index (κ2) is 5.20. The van der Waals surface area contributed by atoms with E-state index in [2.05, 4.69) is 35.3 Å². The highest BCUT2D eigenvalue weighted by Crippen LogP contribution is 2.38. The average molecular weight is 295 g/mol. The van der Waals surface area contributed by atoms with Gasteiger partial charge in [-0.05, 0) is 30.7 Å². The Kier molecular flexibility index (Phi) is 3.20. The van der Waals surface area contributed by atoms with Crippen molar-refractivity contribution in [3.8, 4) is 10.7 Å². The first kappa shape index (κ1) is 12.9. The summed E-state index contributed by atoms with van der Waals surface area (Å²) in [5.41, 5.74) is 8.13. The third-order valence-corrected chi connectivity index (χ3v) is 5.37. The molecule has 3 nitrogen and oxygen atoms in total. The maximum absolute atomic E-state index is 5.91. The molecular weight excluding hydrogens is 278 g/mol. The standard InChI is InChI=1S/C17H17N3S/c18-10-12-5-3-7-14-15(12)20-17(21-14)16-13-6-2-1-4-11(13)8-9-19-16/h1-2,4,6,8-9,12H,3,5,7,10,18H2. The molecule has 1 atom stereocenters. The highest BCUT2D eigenvalue weighted by atomic mass is 32.1. The minimum Gasteiger partial charge on any atom is -0.330 e. The number of aromatic nitrogens is 2. The number of nitrogens with two attached hydrogens (primary N) is 1. The second-order valence-corrected chi connectivity index (χ2v) is 6.62. The number of fused-ring (bicyclic) bond motifs is 2. The molecule has 1 aromatic carbocycles. The van der Waals surface area contributed by atoms with E-state index in [0.717, 1.165) is 23.5 Å². The molecule has 106 valence electrons. The minimum atomic E-state index is 0.425. The molecule has 2 aromatic heterocycles. The predicted octanol–water partition coefficient (Wildman–Crippen LogP) is 3.74. The van der Waals surface area contributed by atoms with Gasteiger partial charge in [0.15, 0.2) is 0 Å². The summed E-state index contributed by atoms with van der Waals surface area (Å²) in [7, 11) is 0. The van der Waals surface area contributed by atoms with Gasteiger partial charge in [0.25, 0.3) is 0 Å². The van der Waals surface area contributed by atoms with Crippen molar-refractivity contribution < 1.29 is 0 Å². The first-order valence-corrected chi connectivity index (χ1v) is 8.22. The van der Waals surface area contributed by atoms with E-state index >= 15 is 0 Å². The van der Waals surface area contributed by atoms with Crippen molar-refractivity contribution in [2.75, 3.05) is 6.54 Å². The molecule has 1 aliphatic carbocycles. The van der Waals surface area contributed by atoms with Crippen molar-refractivity contribution in [2.45, 2.75) is 25.2 Å². The fraction of sp³-hybridized carbons (Fsp3) is 0.294. The van der Waals surface area contributed by atoms with Gasteiger partial charge in [0.1, 0.15) is 10.7 Å². The van der Waals surface area contributed by atoms with Gasteiger partial charge in [0.05, 0.1) is 5.69 Å². The van der Waals surface area contributed by atoms with E-state index in [9.17, 15) is 0 Å². The third-order valence-electron chi connectivity index (χ3n) is 4.23. The van der Waals surface area contributed by atoms with Crippen LogP contribution in [0, 0.1) is 0 Å². The number of benzene rings is 1. The molecule has 0 amide bonds. The zero-order valence-electron chi connectivity index (χ0n) is 11.7. The summed E-state index contributed by atoms with van der Waals surface area (Å²) in [5, 5.41) is 3.43.